The highest BCUT2D eigenvalue weighted by molar-refractivity contribution is 6.04. The van der Waals surface area contributed by atoms with E-state index in [1.807, 2.05) is 48.5 Å². The number of halogens is 3. The van der Waals surface area contributed by atoms with E-state index in [0.717, 1.165) is 32.2 Å². The van der Waals surface area contributed by atoms with Gasteiger partial charge in [0.25, 0.3) is 0 Å². The van der Waals surface area contributed by atoms with E-state index < -0.39 is 25.3 Å². The molecule has 2 heterocycles. The van der Waals surface area contributed by atoms with E-state index in [4.69, 9.17) is 9.47 Å². The van der Waals surface area contributed by atoms with Crippen molar-refractivity contribution in [3.05, 3.63) is 83.3 Å². The number of para-hydroxylation sites is 1. The number of hydrogen-bond donors (Lipinski definition) is 2. The van der Waals surface area contributed by atoms with Crippen molar-refractivity contribution in [2.24, 2.45) is 0 Å². The summed E-state index contributed by atoms with van der Waals surface area (Å²) in [4.78, 5) is 16.1. The molecule has 0 aliphatic rings. The van der Waals surface area contributed by atoms with E-state index in [1.165, 1.54) is 0 Å². The summed E-state index contributed by atoms with van der Waals surface area (Å²) in [5, 5.41) is 16.9. The average Bonchev–Trinajstić information content (AvgIpc) is 3.46. The molecule has 7 nitrogen and oxygen atoms in total. The standard InChI is InChI=1S/C31H30F3N3O4/c1-3-40-30(39)29-23(14-8-16-41-26-15-6-10-20-9-4-5-11-21(20)26)22-12-7-13-24(28(22)35-29)27-19(2)36-37(25(27)17-38)18-31(32,33)34/h4-7,9-13,15,35,38H,3,8,14,16-18H2,1-2H3. The van der Waals surface area contributed by atoms with Gasteiger partial charge in [-0.25, -0.2) is 4.79 Å². The van der Waals surface area contributed by atoms with Gasteiger partial charge in [-0.2, -0.15) is 18.3 Å². The molecular weight excluding hydrogens is 535 g/mol. The lowest BCUT2D eigenvalue weighted by Crippen LogP contribution is -2.20. The smallest absolute Gasteiger partial charge is 0.408 e. The minimum atomic E-state index is -4.50. The maximum Gasteiger partial charge on any atom is 0.408 e. The summed E-state index contributed by atoms with van der Waals surface area (Å²) in [6.45, 7) is 1.95. The van der Waals surface area contributed by atoms with Gasteiger partial charge in [-0.05, 0) is 43.7 Å². The molecule has 214 valence electrons. The summed E-state index contributed by atoms with van der Waals surface area (Å²) >= 11 is 0. The highest BCUT2D eigenvalue weighted by Crippen LogP contribution is 2.37. The Bertz CT molecular complexity index is 1700. The third kappa shape index (κ3) is 5.78. The maximum atomic E-state index is 13.2. The molecule has 2 N–H and O–H groups in total. The van der Waals surface area contributed by atoms with Crippen LogP contribution < -0.4 is 4.74 Å². The number of aryl methyl sites for hydroxylation is 2. The van der Waals surface area contributed by atoms with Crippen molar-refractivity contribution < 1.29 is 32.5 Å². The van der Waals surface area contributed by atoms with E-state index in [2.05, 4.69) is 10.1 Å². The Morgan fingerprint density at radius 3 is 2.54 bits per heavy atom. The van der Waals surface area contributed by atoms with Gasteiger partial charge < -0.3 is 19.6 Å². The lowest BCUT2D eigenvalue weighted by Gasteiger charge is -2.11. The number of aliphatic hydroxyl groups is 1. The van der Waals surface area contributed by atoms with E-state index in [0.29, 0.717) is 41.8 Å². The normalized spacial score (nSPS) is 11.9. The topological polar surface area (TPSA) is 89.4 Å². The summed E-state index contributed by atoms with van der Waals surface area (Å²) in [7, 11) is 0. The molecule has 0 atom stereocenters. The first-order valence-electron chi connectivity index (χ1n) is 13.4. The van der Waals surface area contributed by atoms with Gasteiger partial charge in [0.15, 0.2) is 0 Å². The van der Waals surface area contributed by atoms with Crippen molar-refractivity contribution in [1.29, 1.82) is 0 Å². The molecule has 0 fully saturated rings. The number of aliphatic hydroxyl groups excluding tert-OH is 1. The predicted octanol–water partition coefficient (Wildman–Crippen LogP) is 6.74. The predicted molar refractivity (Wildman–Crippen MR) is 150 cm³/mol. The Morgan fingerprint density at radius 2 is 1.78 bits per heavy atom. The second-order valence-corrected chi connectivity index (χ2v) is 9.69. The zero-order valence-corrected chi connectivity index (χ0v) is 22.7. The Kier molecular flexibility index (Phi) is 8.03. The Hall–Kier alpha value is -4.31. The van der Waals surface area contributed by atoms with Crippen LogP contribution in [0.3, 0.4) is 0 Å². The number of aromatic amines is 1. The van der Waals surface area contributed by atoms with Crippen LogP contribution in [0.5, 0.6) is 5.75 Å². The first-order chi connectivity index (χ1) is 19.7. The van der Waals surface area contributed by atoms with Gasteiger partial charge in [0.1, 0.15) is 18.0 Å². The third-order valence-electron chi connectivity index (χ3n) is 6.98. The fourth-order valence-electron chi connectivity index (χ4n) is 5.31. The molecule has 0 unspecified atom stereocenters. The van der Waals surface area contributed by atoms with E-state index in [-0.39, 0.29) is 18.0 Å². The molecule has 41 heavy (non-hydrogen) atoms. The van der Waals surface area contributed by atoms with E-state index >= 15 is 0 Å². The van der Waals surface area contributed by atoms with Crippen LogP contribution >= 0.6 is 0 Å². The number of aromatic nitrogens is 3. The van der Waals surface area contributed by atoms with Gasteiger partial charge >= 0.3 is 12.1 Å². The lowest BCUT2D eigenvalue weighted by molar-refractivity contribution is -0.143. The van der Waals surface area contributed by atoms with Crippen molar-refractivity contribution in [3.8, 4) is 16.9 Å². The van der Waals surface area contributed by atoms with Crippen LogP contribution in [0.4, 0.5) is 13.2 Å². The number of H-pyrrole nitrogens is 1. The largest absolute Gasteiger partial charge is 0.493 e. The number of ether oxygens (including phenoxy) is 2. The second-order valence-electron chi connectivity index (χ2n) is 9.69. The average molecular weight is 566 g/mol. The number of nitrogens with one attached hydrogen (secondary N) is 1. The maximum absolute atomic E-state index is 13.2. The number of hydrogen-bond acceptors (Lipinski definition) is 5. The third-order valence-corrected chi connectivity index (χ3v) is 6.98. The van der Waals surface area contributed by atoms with Gasteiger partial charge in [0, 0.05) is 21.9 Å². The summed E-state index contributed by atoms with van der Waals surface area (Å²) < 4.78 is 51.8. The van der Waals surface area contributed by atoms with Crippen molar-refractivity contribution in [2.45, 2.75) is 46.0 Å². The second kappa shape index (κ2) is 11.7. The van der Waals surface area contributed by atoms with Crippen LogP contribution in [0.1, 0.15) is 40.8 Å². The number of alkyl halides is 3. The van der Waals surface area contributed by atoms with Gasteiger partial charge in [0.05, 0.1) is 36.7 Å². The molecule has 0 aliphatic heterocycles. The minimum absolute atomic E-state index is 0.0460. The SMILES string of the molecule is CCOC(=O)c1[nH]c2c(-c3c(C)nn(CC(F)(F)F)c3CO)cccc2c1CCCOc1cccc2ccccc12. The van der Waals surface area contributed by atoms with Crippen molar-refractivity contribution >= 4 is 27.6 Å². The summed E-state index contributed by atoms with van der Waals surface area (Å²) in [6.07, 6.45) is -3.42. The zero-order chi connectivity index (χ0) is 29.1. The molecule has 0 amide bonds. The molecule has 0 saturated heterocycles. The number of fused-ring (bicyclic) bond motifs is 2. The number of benzene rings is 3. The Morgan fingerprint density at radius 1 is 1.05 bits per heavy atom. The summed E-state index contributed by atoms with van der Waals surface area (Å²) in [5.74, 6) is 0.254. The number of carbonyl (C=O) groups excluding carboxylic acids is 1. The summed E-state index contributed by atoms with van der Waals surface area (Å²) in [5.41, 5.74) is 2.89. The van der Waals surface area contributed by atoms with E-state index in [1.54, 1.807) is 26.0 Å². The number of esters is 1. The molecule has 10 heteroatoms. The van der Waals surface area contributed by atoms with Gasteiger partial charge in [-0.1, -0.05) is 54.6 Å². The van der Waals surface area contributed by atoms with Gasteiger partial charge in [-0.3, -0.25) is 4.68 Å². The molecule has 5 rings (SSSR count). The molecule has 0 radical (unpaired) electrons. The molecular formula is C31H30F3N3O4. The van der Waals surface area contributed by atoms with Crippen LogP contribution in [0.2, 0.25) is 0 Å². The van der Waals surface area contributed by atoms with Crippen molar-refractivity contribution in [3.63, 3.8) is 0 Å². The van der Waals surface area contributed by atoms with Crippen LogP contribution in [0, 0.1) is 6.92 Å². The molecule has 0 aliphatic carbocycles. The molecule has 2 aromatic heterocycles. The van der Waals surface area contributed by atoms with Crippen LogP contribution in [0.15, 0.2) is 60.7 Å². The number of nitrogens with zero attached hydrogens (tertiary/aromatic N) is 2. The molecule has 5 aromatic rings. The Labute approximate surface area is 234 Å². The van der Waals surface area contributed by atoms with E-state index in [9.17, 15) is 23.1 Å². The highest BCUT2D eigenvalue weighted by Gasteiger charge is 2.31. The first-order valence-corrected chi connectivity index (χ1v) is 13.4. The quantitative estimate of drug-likeness (QED) is 0.145. The van der Waals surface area contributed by atoms with Crippen molar-refractivity contribution in [1.82, 2.24) is 14.8 Å². The Balaban J connectivity index is 1.49. The molecule has 0 spiro atoms. The molecule has 3 aromatic carbocycles. The monoisotopic (exact) mass is 565 g/mol. The fraction of sp³-hybridized carbons (Fsp3) is 0.290. The minimum Gasteiger partial charge on any atom is -0.493 e. The van der Waals surface area contributed by atoms with Crippen LogP contribution in [-0.2, 0) is 24.3 Å². The van der Waals surface area contributed by atoms with Gasteiger partial charge in [-0.15, -0.1) is 0 Å². The molecule has 0 saturated carbocycles. The fourth-order valence-corrected chi connectivity index (χ4v) is 5.31. The number of rotatable bonds is 10. The lowest BCUT2D eigenvalue weighted by atomic mass is 9.98. The molecule has 0 bridgehead atoms. The number of carbonyl (C=O) groups is 1. The van der Waals surface area contributed by atoms with Gasteiger partial charge in [0.2, 0.25) is 0 Å². The van der Waals surface area contributed by atoms with Crippen molar-refractivity contribution in [2.75, 3.05) is 13.2 Å². The summed E-state index contributed by atoms with van der Waals surface area (Å²) in [6, 6.07) is 19.2. The zero-order valence-electron chi connectivity index (χ0n) is 22.7. The van der Waals surface area contributed by atoms with Crippen LogP contribution in [0.25, 0.3) is 32.8 Å². The highest BCUT2D eigenvalue weighted by atomic mass is 19.4. The first kappa shape index (κ1) is 28.2. The van der Waals surface area contributed by atoms with Crippen LogP contribution in [-0.4, -0.2) is 45.2 Å².